The summed E-state index contributed by atoms with van der Waals surface area (Å²) in [6, 6.07) is 84.4. The number of nitrogens with zero attached hydrogens (tertiary/aromatic N) is 3. The van der Waals surface area contributed by atoms with Gasteiger partial charge in [0.15, 0.2) is 0 Å². The van der Waals surface area contributed by atoms with E-state index in [4.69, 9.17) is 15.0 Å². The molecule has 1 unspecified atom stereocenters. The number of aliphatic imine (C=N–C) groups is 1. The molecule has 3 aliphatic rings. The molecule has 2 aromatic heterocycles. The van der Waals surface area contributed by atoms with Crippen molar-refractivity contribution in [1.82, 2.24) is 15.3 Å². The molecule has 2 aliphatic carbocycles. The van der Waals surface area contributed by atoms with Crippen LogP contribution in [0.2, 0.25) is 0 Å². The van der Waals surface area contributed by atoms with Crippen LogP contribution in [-0.4, -0.2) is 15.8 Å². The molecule has 3 heterocycles. The van der Waals surface area contributed by atoms with Gasteiger partial charge in [-0.2, -0.15) is 0 Å². The molecule has 1 atom stereocenters. The Morgan fingerprint density at radius 3 is 1.35 bits per heavy atom. The minimum absolute atomic E-state index is 0.756. The number of amidine groups is 1. The number of benzene rings is 11. The molecule has 0 amide bonds. The highest BCUT2D eigenvalue weighted by atomic mass is 15.1. The lowest BCUT2D eigenvalue weighted by molar-refractivity contribution is 0.524. The summed E-state index contributed by atoms with van der Waals surface area (Å²) in [5.74, 6) is 0.803. The average molecular weight is 953 g/mol. The zero-order chi connectivity index (χ0) is 49.4. The zero-order valence-electron chi connectivity index (χ0n) is 40.9. The summed E-state index contributed by atoms with van der Waals surface area (Å²) < 4.78 is 0. The molecule has 0 saturated carbocycles. The number of pyridine rings is 2. The fourth-order valence-electron chi connectivity index (χ4n) is 12.9. The molecule has 4 heteroatoms. The van der Waals surface area contributed by atoms with Crippen LogP contribution in [0, 0.1) is 0 Å². The standard InChI is InChI=1S/C71H44N4/c1-71(48-30-28-45(29-31-48)68-51-15-5-3-13-43(51)37-39-73-68)64-41-47(49-32-34-61-54-18-8-6-16-52(54)58-21-10-20-57(49)65(58)61)40-63(56-33-35-62-55-19-9-7-17-53(55)59-22-11-23-60(56)66(59)62)69(64)74-70(75-71)46-26-24-44(25-27-46)67-50-14-4-2-12-42(50)36-38-72-67/h2-41H,1H3,(H,74,75). The first-order chi connectivity index (χ1) is 37.1. The second-order valence-corrected chi connectivity index (χ2v) is 20.4. The average Bonchev–Trinajstić information content (AvgIpc) is 4.04. The van der Waals surface area contributed by atoms with E-state index in [0.717, 1.165) is 78.2 Å². The molecular formula is C71H44N4. The van der Waals surface area contributed by atoms with Crippen LogP contribution in [0.1, 0.15) is 23.6 Å². The SMILES string of the molecule is CC1(c2ccc(-c3nccc4ccccc34)cc2)NC(c2ccc(-c3nccc4ccccc34)cc2)=Nc2c(-c3ccc4c5c(cccc35)-c3ccccc3-4)cc(-c3ccc4c5c(cccc35)-c3ccccc3-4)cc21. The minimum Gasteiger partial charge on any atom is -0.356 e. The summed E-state index contributed by atoms with van der Waals surface area (Å²) in [5.41, 5.74) is 22.3. The smallest absolute Gasteiger partial charge is 0.134 e. The molecule has 0 bridgehead atoms. The molecule has 4 nitrogen and oxygen atoms in total. The van der Waals surface area contributed by atoms with Crippen molar-refractivity contribution >= 4 is 54.6 Å². The summed E-state index contributed by atoms with van der Waals surface area (Å²) in [4.78, 5) is 15.6. The maximum Gasteiger partial charge on any atom is 0.134 e. The van der Waals surface area contributed by atoms with E-state index in [0.29, 0.717) is 0 Å². The summed E-state index contributed by atoms with van der Waals surface area (Å²) >= 11 is 0. The van der Waals surface area contributed by atoms with Gasteiger partial charge in [-0.25, -0.2) is 4.99 Å². The second-order valence-electron chi connectivity index (χ2n) is 20.4. The Morgan fingerprint density at radius 1 is 0.333 bits per heavy atom. The lowest BCUT2D eigenvalue weighted by Crippen LogP contribution is -2.47. The Balaban J connectivity index is 0.952. The van der Waals surface area contributed by atoms with E-state index in [1.54, 1.807) is 0 Å². The summed E-state index contributed by atoms with van der Waals surface area (Å²) in [6.45, 7) is 2.34. The number of rotatable bonds is 6. The van der Waals surface area contributed by atoms with Gasteiger partial charge in [0.1, 0.15) is 5.84 Å². The third kappa shape index (κ3) is 6.14. The fraction of sp³-hybridized carbons (Fsp3) is 0.0282. The topological polar surface area (TPSA) is 50.2 Å². The van der Waals surface area contributed by atoms with Gasteiger partial charge in [0.25, 0.3) is 0 Å². The van der Waals surface area contributed by atoms with Crippen molar-refractivity contribution < 1.29 is 0 Å². The van der Waals surface area contributed by atoms with Gasteiger partial charge in [-0.15, -0.1) is 0 Å². The van der Waals surface area contributed by atoms with Crippen molar-refractivity contribution in [2.75, 3.05) is 0 Å². The maximum atomic E-state index is 5.81. The molecule has 16 rings (SSSR count). The van der Waals surface area contributed by atoms with Crippen molar-refractivity contribution in [3.05, 3.63) is 260 Å². The highest BCUT2D eigenvalue weighted by Crippen LogP contribution is 2.55. The number of hydrogen-bond donors (Lipinski definition) is 1. The molecule has 75 heavy (non-hydrogen) atoms. The largest absolute Gasteiger partial charge is 0.356 e. The van der Waals surface area contributed by atoms with E-state index in [1.807, 2.05) is 12.4 Å². The Kier molecular flexibility index (Phi) is 8.84. The van der Waals surface area contributed by atoms with E-state index in [9.17, 15) is 0 Å². The van der Waals surface area contributed by atoms with Gasteiger partial charge < -0.3 is 5.32 Å². The van der Waals surface area contributed by atoms with Crippen LogP contribution in [0.25, 0.3) is 132 Å². The van der Waals surface area contributed by atoms with E-state index in [2.05, 4.69) is 243 Å². The van der Waals surface area contributed by atoms with Crippen molar-refractivity contribution in [3.8, 4) is 89.3 Å². The third-order valence-electron chi connectivity index (χ3n) is 16.5. The van der Waals surface area contributed by atoms with E-state index >= 15 is 0 Å². The monoisotopic (exact) mass is 952 g/mol. The Morgan fingerprint density at radius 2 is 0.773 bits per heavy atom. The third-order valence-corrected chi connectivity index (χ3v) is 16.5. The summed E-state index contributed by atoms with van der Waals surface area (Å²) in [5, 5.41) is 13.8. The number of aromatic nitrogens is 2. The zero-order valence-corrected chi connectivity index (χ0v) is 40.9. The first-order valence-electron chi connectivity index (χ1n) is 25.8. The van der Waals surface area contributed by atoms with Crippen molar-refractivity contribution in [2.45, 2.75) is 12.5 Å². The van der Waals surface area contributed by atoms with Gasteiger partial charge >= 0.3 is 0 Å². The molecule has 1 N–H and O–H groups in total. The van der Waals surface area contributed by atoms with Crippen molar-refractivity contribution in [2.24, 2.45) is 4.99 Å². The highest BCUT2D eigenvalue weighted by molar-refractivity contribution is 6.21. The van der Waals surface area contributed by atoms with Gasteiger partial charge in [0.2, 0.25) is 0 Å². The summed E-state index contributed by atoms with van der Waals surface area (Å²) in [7, 11) is 0. The molecule has 0 fully saturated rings. The lowest BCUT2D eigenvalue weighted by Gasteiger charge is -2.39. The minimum atomic E-state index is -0.756. The number of nitrogens with one attached hydrogen (secondary N) is 1. The molecule has 13 aromatic rings. The number of fused-ring (bicyclic) bond motifs is 9. The van der Waals surface area contributed by atoms with Crippen LogP contribution >= 0.6 is 0 Å². The van der Waals surface area contributed by atoms with E-state index in [1.165, 1.54) is 82.4 Å². The Hall–Kier alpha value is -9.77. The van der Waals surface area contributed by atoms with Crippen LogP contribution in [0.3, 0.4) is 0 Å². The van der Waals surface area contributed by atoms with Gasteiger partial charge in [0, 0.05) is 51.0 Å². The summed E-state index contributed by atoms with van der Waals surface area (Å²) in [6.07, 6.45) is 3.82. The van der Waals surface area contributed by atoms with Gasteiger partial charge in [-0.3, -0.25) is 9.97 Å². The molecular weight excluding hydrogens is 909 g/mol. The van der Waals surface area contributed by atoms with Crippen LogP contribution in [0.15, 0.2) is 248 Å². The van der Waals surface area contributed by atoms with Crippen LogP contribution in [0.4, 0.5) is 5.69 Å². The molecule has 1 aliphatic heterocycles. The predicted molar refractivity (Wildman–Crippen MR) is 311 cm³/mol. The normalized spacial score (nSPS) is 14.7. The fourth-order valence-corrected chi connectivity index (χ4v) is 12.9. The van der Waals surface area contributed by atoms with E-state index < -0.39 is 5.54 Å². The quantitative estimate of drug-likeness (QED) is 0.181. The first kappa shape index (κ1) is 41.8. The van der Waals surface area contributed by atoms with Crippen LogP contribution < -0.4 is 5.32 Å². The van der Waals surface area contributed by atoms with Crippen molar-refractivity contribution in [3.63, 3.8) is 0 Å². The molecule has 0 saturated heterocycles. The number of hydrogen-bond acceptors (Lipinski definition) is 4. The molecule has 0 spiro atoms. The molecule has 348 valence electrons. The molecule has 11 aromatic carbocycles. The lowest BCUT2D eigenvalue weighted by atomic mass is 9.77. The Bertz CT molecular complexity index is 4560. The highest BCUT2D eigenvalue weighted by Gasteiger charge is 2.39. The van der Waals surface area contributed by atoms with Gasteiger partial charge in [-0.1, -0.05) is 206 Å². The first-order valence-corrected chi connectivity index (χ1v) is 25.8. The van der Waals surface area contributed by atoms with Crippen LogP contribution in [0.5, 0.6) is 0 Å². The van der Waals surface area contributed by atoms with Gasteiger partial charge in [0.05, 0.1) is 22.6 Å². The molecule has 0 radical (unpaired) electrons. The van der Waals surface area contributed by atoms with Crippen LogP contribution in [-0.2, 0) is 5.54 Å². The second kappa shape index (κ2) is 15.9. The predicted octanol–water partition coefficient (Wildman–Crippen LogP) is 18.0. The van der Waals surface area contributed by atoms with Gasteiger partial charge in [-0.05, 0) is 130 Å². The van der Waals surface area contributed by atoms with E-state index in [-0.39, 0.29) is 0 Å². The maximum absolute atomic E-state index is 5.81. The van der Waals surface area contributed by atoms with Crippen molar-refractivity contribution in [1.29, 1.82) is 0 Å². The Labute approximate surface area is 434 Å².